The van der Waals surface area contributed by atoms with Crippen LogP contribution in [0.5, 0.6) is 11.5 Å². The van der Waals surface area contributed by atoms with Crippen molar-refractivity contribution in [2.24, 2.45) is 5.10 Å². The van der Waals surface area contributed by atoms with Gasteiger partial charge in [0.05, 0.1) is 22.4 Å². The van der Waals surface area contributed by atoms with Crippen LogP contribution in [0, 0.1) is 0 Å². The third-order valence-electron chi connectivity index (χ3n) is 3.67. The normalized spacial score (nSPS) is 11.4. The molecule has 152 valence electrons. The molecule has 0 aliphatic rings. The molecule has 0 amide bonds. The van der Waals surface area contributed by atoms with E-state index in [4.69, 9.17) is 32.7 Å². The predicted octanol–water partition coefficient (Wildman–Crippen LogP) is 5.56. The lowest BCUT2D eigenvalue weighted by atomic mass is 10.2. The highest BCUT2D eigenvalue weighted by atomic mass is 35.5. The van der Waals surface area contributed by atoms with Crippen molar-refractivity contribution < 1.29 is 9.47 Å². The minimum Gasteiger partial charge on any atom is -0.488 e. The molecule has 6 nitrogen and oxygen atoms in total. The molecule has 0 fully saturated rings. The van der Waals surface area contributed by atoms with Crippen LogP contribution in [0.4, 0.5) is 0 Å². The highest BCUT2D eigenvalue weighted by molar-refractivity contribution is 7.98. The van der Waals surface area contributed by atoms with Gasteiger partial charge in [-0.1, -0.05) is 53.2 Å². The standard InChI is InChI=1S/C20H20Cl2N4O2S/c1-13(2)28-19-16(21)9-14(10-17(19)22)11-23-26-18(24-25-20(26)29-3)12-27-15-7-5-4-6-8-15/h4-11,13H,12H2,1-3H3/b23-11-. The monoisotopic (exact) mass is 450 g/mol. The summed E-state index contributed by atoms with van der Waals surface area (Å²) in [5, 5.41) is 14.3. The highest BCUT2D eigenvalue weighted by Crippen LogP contribution is 2.34. The van der Waals surface area contributed by atoms with Gasteiger partial charge in [0.15, 0.2) is 11.6 Å². The Labute approximate surface area is 183 Å². The third kappa shape index (κ3) is 5.65. The lowest BCUT2D eigenvalue weighted by Gasteiger charge is -2.13. The van der Waals surface area contributed by atoms with Gasteiger partial charge in [-0.05, 0) is 49.9 Å². The molecule has 0 aliphatic carbocycles. The van der Waals surface area contributed by atoms with Crippen LogP contribution >= 0.6 is 35.0 Å². The van der Waals surface area contributed by atoms with E-state index in [1.165, 1.54) is 11.8 Å². The van der Waals surface area contributed by atoms with Crippen LogP contribution < -0.4 is 9.47 Å². The molecule has 3 aromatic rings. The number of hydrogen-bond donors (Lipinski definition) is 0. The molecule has 29 heavy (non-hydrogen) atoms. The fraction of sp³-hybridized carbons (Fsp3) is 0.250. The second-order valence-electron chi connectivity index (χ2n) is 6.24. The first-order valence-corrected chi connectivity index (χ1v) is 10.8. The maximum absolute atomic E-state index is 6.32. The van der Waals surface area contributed by atoms with Gasteiger partial charge in [0.1, 0.15) is 12.4 Å². The smallest absolute Gasteiger partial charge is 0.211 e. The number of aromatic nitrogens is 3. The molecule has 0 unspecified atom stereocenters. The Morgan fingerprint density at radius 2 is 1.83 bits per heavy atom. The SMILES string of the molecule is CSc1nnc(COc2ccccc2)n1/N=C\c1cc(Cl)c(OC(C)C)c(Cl)c1. The highest BCUT2D eigenvalue weighted by Gasteiger charge is 2.13. The first-order valence-electron chi connectivity index (χ1n) is 8.84. The van der Waals surface area contributed by atoms with E-state index in [9.17, 15) is 0 Å². The predicted molar refractivity (Wildman–Crippen MR) is 118 cm³/mol. The van der Waals surface area contributed by atoms with E-state index >= 15 is 0 Å². The molecule has 0 spiro atoms. The van der Waals surface area contributed by atoms with Gasteiger partial charge in [-0.3, -0.25) is 0 Å². The Balaban J connectivity index is 1.82. The van der Waals surface area contributed by atoms with Crippen LogP contribution in [0.1, 0.15) is 25.2 Å². The van der Waals surface area contributed by atoms with E-state index in [0.717, 1.165) is 11.3 Å². The first-order chi connectivity index (χ1) is 14.0. The van der Waals surface area contributed by atoms with Gasteiger partial charge in [-0.15, -0.1) is 10.2 Å². The number of nitrogens with zero attached hydrogens (tertiary/aromatic N) is 4. The number of hydrogen-bond acceptors (Lipinski definition) is 6. The quantitative estimate of drug-likeness (QED) is 0.332. The van der Waals surface area contributed by atoms with Crippen LogP contribution in [-0.2, 0) is 6.61 Å². The Kier molecular flexibility index (Phi) is 7.41. The van der Waals surface area contributed by atoms with E-state index in [0.29, 0.717) is 26.8 Å². The average molecular weight is 451 g/mol. The van der Waals surface area contributed by atoms with E-state index in [1.807, 2.05) is 50.4 Å². The Morgan fingerprint density at radius 1 is 1.14 bits per heavy atom. The van der Waals surface area contributed by atoms with Crippen molar-refractivity contribution in [3.05, 3.63) is 63.9 Å². The molecule has 1 aromatic heterocycles. The number of para-hydroxylation sites is 1. The summed E-state index contributed by atoms with van der Waals surface area (Å²) < 4.78 is 13.1. The van der Waals surface area contributed by atoms with Crippen molar-refractivity contribution in [1.82, 2.24) is 14.9 Å². The molecule has 1 heterocycles. The van der Waals surface area contributed by atoms with E-state index in [-0.39, 0.29) is 12.7 Å². The zero-order valence-corrected chi connectivity index (χ0v) is 18.5. The molecule has 0 N–H and O–H groups in total. The van der Waals surface area contributed by atoms with Crippen molar-refractivity contribution in [2.75, 3.05) is 6.26 Å². The molecule has 2 aromatic carbocycles. The van der Waals surface area contributed by atoms with Gasteiger partial charge < -0.3 is 9.47 Å². The van der Waals surface area contributed by atoms with Crippen LogP contribution in [0.15, 0.2) is 52.7 Å². The molecule has 0 bridgehead atoms. The molecular weight excluding hydrogens is 431 g/mol. The zero-order chi connectivity index (χ0) is 20.8. The number of ether oxygens (including phenoxy) is 2. The summed E-state index contributed by atoms with van der Waals surface area (Å²) in [4.78, 5) is 0. The maximum Gasteiger partial charge on any atom is 0.211 e. The van der Waals surface area contributed by atoms with Crippen molar-refractivity contribution in [2.45, 2.75) is 31.7 Å². The van der Waals surface area contributed by atoms with Crippen LogP contribution in [0.25, 0.3) is 0 Å². The van der Waals surface area contributed by atoms with E-state index in [1.54, 1.807) is 23.0 Å². The van der Waals surface area contributed by atoms with Gasteiger partial charge in [-0.25, -0.2) is 0 Å². The Morgan fingerprint density at radius 3 is 2.45 bits per heavy atom. The Hall–Kier alpha value is -2.22. The fourth-order valence-corrected chi connectivity index (χ4v) is 3.46. The molecule has 3 rings (SSSR count). The molecule has 0 atom stereocenters. The summed E-state index contributed by atoms with van der Waals surface area (Å²) >= 11 is 14.1. The summed E-state index contributed by atoms with van der Waals surface area (Å²) in [6, 6.07) is 13.0. The zero-order valence-electron chi connectivity index (χ0n) is 16.2. The molecule has 0 aliphatic heterocycles. The van der Waals surface area contributed by atoms with Gasteiger partial charge >= 0.3 is 0 Å². The summed E-state index contributed by atoms with van der Waals surface area (Å²) in [5.41, 5.74) is 0.729. The molecule has 0 saturated carbocycles. The molecule has 9 heteroatoms. The third-order valence-corrected chi connectivity index (χ3v) is 4.85. The minimum absolute atomic E-state index is 0.0298. The van der Waals surface area contributed by atoms with Gasteiger partial charge in [-0.2, -0.15) is 9.78 Å². The average Bonchev–Trinajstić information content (AvgIpc) is 3.10. The lowest BCUT2D eigenvalue weighted by Crippen LogP contribution is -2.07. The van der Waals surface area contributed by atoms with Gasteiger partial charge in [0, 0.05) is 0 Å². The first kappa shape index (κ1) is 21.5. The van der Waals surface area contributed by atoms with Gasteiger partial charge in [0.25, 0.3) is 0 Å². The van der Waals surface area contributed by atoms with Crippen LogP contribution in [-0.4, -0.2) is 33.4 Å². The molecular formula is C20H20Cl2N4O2S. The second kappa shape index (κ2) is 10.0. The van der Waals surface area contributed by atoms with Crippen molar-refractivity contribution in [1.29, 1.82) is 0 Å². The number of thioether (sulfide) groups is 1. The second-order valence-corrected chi connectivity index (χ2v) is 7.83. The number of halogens is 2. The van der Waals surface area contributed by atoms with E-state index in [2.05, 4.69) is 15.3 Å². The minimum atomic E-state index is -0.0298. The number of benzene rings is 2. The Bertz CT molecular complexity index is 970. The maximum atomic E-state index is 6.32. The fourth-order valence-electron chi connectivity index (χ4n) is 2.42. The summed E-state index contributed by atoms with van der Waals surface area (Å²) in [7, 11) is 0. The molecule has 0 radical (unpaired) electrons. The van der Waals surface area contributed by atoms with Crippen LogP contribution in [0.2, 0.25) is 10.0 Å². The lowest BCUT2D eigenvalue weighted by molar-refractivity contribution is 0.243. The van der Waals surface area contributed by atoms with E-state index < -0.39 is 0 Å². The summed E-state index contributed by atoms with van der Waals surface area (Å²) in [6.07, 6.45) is 3.52. The number of rotatable bonds is 8. The van der Waals surface area contributed by atoms with Crippen LogP contribution in [0.3, 0.4) is 0 Å². The van der Waals surface area contributed by atoms with Gasteiger partial charge in [0.2, 0.25) is 5.16 Å². The molecule has 0 saturated heterocycles. The van der Waals surface area contributed by atoms with Crippen molar-refractivity contribution >= 4 is 41.2 Å². The largest absolute Gasteiger partial charge is 0.488 e. The topological polar surface area (TPSA) is 61.5 Å². The summed E-state index contributed by atoms with van der Waals surface area (Å²) in [5.74, 6) is 1.79. The van der Waals surface area contributed by atoms with Crippen molar-refractivity contribution in [3.63, 3.8) is 0 Å². The van der Waals surface area contributed by atoms with Crippen molar-refractivity contribution in [3.8, 4) is 11.5 Å². The summed E-state index contributed by atoms with van der Waals surface area (Å²) in [6.45, 7) is 4.06.